The summed E-state index contributed by atoms with van der Waals surface area (Å²) in [6.45, 7) is 38.0. The molecule has 0 aromatic heterocycles. The first-order valence-electron chi connectivity index (χ1n) is 20.3. The van der Waals surface area contributed by atoms with Gasteiger partial charge in [-0.2, -0.15) is 0 Å². The number of rotatable bonds is 20. The van der Waals surface area contributed by atoms with Gasteiger partial charge >= 0.3 is 5.97 Å². The summed E-state index contributed by atoms with van der Waals surface area (Å²) in [6, 6.07) is 0. The molecular weight excluding hydrogens is 705 g/mol. The van der Waals surface area contributed by atoms with Crippen LogP contribution < -0.4 is 0 Å². The van der Waals surface area contributed by atoms with E-state index < -0.39 is 51.6 Å². The summed E-state index contributed by atoms with van der Waals surface area (Å²) in [5.41, 5.74) is 1.30. The van der Waals surface area contributed by atoms with Crippen LogP contribution in [-0.2, 0) is 42.1 Å². The van der Waals surface area contributed by atoms with Crippen LogP contribution in [0.3, 0.4) is 0 Å². The van der Waals surface area contributed by atoms with Crippen LogP contribution in [0.25, 0.3) is 0 Å². The predicted octanol–water partition coefficient (Wildman–Crippen LogP) is 9.95. The minimum atomic E-state index is -2.20. The third-order valence-corrected chi connectivity index (χ3v) is 18.7. The topological polar surface area (TPSA) is 98.8 Å². The molecule has 9 nitrogen and oxygen atoms in total. The first kappa shape index (κ1) is 48.2. The molecule has 0 radical (unpaired) electrons. The van der Waals surface area contributed by atoms with E-state index in [0.29, 0.717) is 42.7 Å². The van der Waals surface area contributed by atoms with Crippen molar-refractivity contribution in [2.24, 2.45) is 34.5 Å². The molecule has 1 saturated heterocycles. The van der Waals surface area contributed by atoms with Crippen LogP contribution in [0.1, 0.15) is 116 Å². The fourth-order valence-electron chi connectivity index (χ4n) is 8.81. The lowest BCUT2D eigenvalue weighted by Gasteiger charge is -2.54. The molecule has 2 aliphatic rings. The van der Waals surface area contributed by atoms with E-state index in [4.69, 9.17) is 32.5 Å². The van der Waals surface area contributed by atoms with Crippen LogP contribution in [-0.4, -0.2) is 86.7 Å². The second kappa shape index (κ2) is 19.5. The smallest absolute Gasteiger partial charge is 0.311 e. The minimum absolute atomic E-state index is 0.188. The molecule has 0 amide bonds. The van der Waals surface area contributed by atoms with Crippen molar-refractivity contribution in [2.75, 3.05) is 33.7 Å². The Morgan fingerprint density at radius 2 is 1.53 bits per heavy atom. The van der Waals surface area contributed by atoms with Gasteiger partial charge in [0.15, 0.2) is 22.4 Å². The Labute approximate surface area is 326 Å². The van der Waals surface area contributed by atoms with Gasteiger partial charge in [-0.1, -0.05) is 68.4 Å². The van der Waals surface area contributed by atoms with Gasteiger partial charge in [-0.25, -0.2) is 0 Å². The Balaban J connectivity index is 2.62. The highest BCUT2D eigenvalue weighted by molar-refractivity contribution is 6.77. The summed E-state index contributed by atoms with van der Waals surface area (Å²) in [7, 11) is -2.63. The summed E-state index contributed by atoms with van der Waals surface area (Å²) in [4.78, 5) is 26.6. The molecule has 2 rings (SSSR count). The van der Waals surface area contributed by atoms with Crippen molar-refractivity contribution in [3.05, 3.63) is 11.6 Å². The third kappa shape index (κ3) is 12.8. The average molecular weight is 785 g/mol. The summed E-state index contributed by atoms with van der Waals surface area (Å²) >= 11 is 0. The fraction of sp³-hybridized carbons (Fsp3) is 0.905. The van der Waals surface area contributed by atoms with Gasteiger partial charge in [-0.3, -0.25) is 4.79 Å². The van der Waals surface area contributed by atoms with Crippen LogP contribution in [0.4, 0.5) is 0 Å². The summed E-state index contributed by atoms with van der Waals surface area (Å²) in [5, 5.41) is 0. The zero-order valence-electron chi connectivity index (χ0n) is 37.1. The van der Waals surface area contributed by atoms with Crippen molar-refractivity contribution in [3.8, 4) is 0 Å². The van der Waals surface area contributed by atoms with Crippen LogP contribution in [0, 0.1) is 34.5 Å². The Hall–Kier alpha value is -0.926. The largest absolute Gasteiger partial charge is 0.465 e. The maximum Gasteiger partial charge on any atom is 0.311 e. The van der Waals surface area contributed by atoms with Gasteiger partial charge < -0.3 is 37.3 Å². The van der Waals surface area contributed by atoms with Gasteiger partial charge in [0.25, 0.3) is 0 Å². The first-order chi connectivity index (χ1) is 24.3. The van der Waals surface area contributed by atoms with Gasteiger partial charge in [-0.05, 0) is 108 Å². The zero-order chi connectivity index (χ0) is 40.7. The summed E-state index contributed by atoms with van der Waals surface area (Å²) in [6.07, 6.45) is 4.12. The van der Waals surface area contributed by atoms with E-state index in [2.05, 4.69) is 81.1 Å². The van der Waals surface area contributed by atoms with Crippen LogP contribution in [0.2, 0.25) is 36.3 Å². The van der Waals surface area contributed by atoms with Gasteiger partial charge in [0, 0.05) is 31.0 Å². The molecular formula is C42H80O9Si2. The number of methoxy groups -OCH3 is 1. The quantitative estimate of drug-likeness (QED) is 0.0298. The number of carbonyl (C=O) groups excluding carboxylic acids is 2. The first-order valence-corrected chi connectivity index (χ1v) is 25.9. The lowest BCUT2D eigenvalue weighted by molar-refractivity contribution is -0.348. The van der Waals surface area contributed by atoms with Gasteiger partial charge in [0.2, 0.25) is 0 Å². The van der Waals surface area contributed by atoms with E-state index >= 15 is 0 Å². The zero-order valence-corrected chi connectivity index (χ0v) is 39.1. The van der Waals surface area contributed by atoms with Crippen LogP contribution in [0.5, 0.6) is 0 Å². The number of esters is 1. The van der Waals surface area contributed by atoms with Gasteiger partial charge in [0.05, 0.1) is 36.9 Å². The second-order valence-corrected chi connectivity index (χ2v) is 29.7. The van der Waals surface area contributed by atoms with E-state index in [1.165, 1.54) is 6.29 Å². The Kier molecular flexibility index (Phi) is 17.7. The van der Waals surface area contributed by atoms with E-state index in [-0.39, 0.29) is 43.0 Å². The predicted molar refractivity (Wildman–Crippen MR) is 219 cm³/mol. The lowest BCUT2D eigenvalue weighted by atomic mass is 9.60. The second-order valence-electron chi connectivity index (χ2n) is 19.8. The molecule has 0 bridgehead atoms. The van der Waals surface area contributed by atoms with Crippen molar-refractivity contribution < 1.29 is 42.1 Å². The normalized spacial score (nSPS) is 27.5. The molecule has 1 aliphatic carbocycles. The molecule has 0 spiro atoms. The highest BCUT2D eigenvalue weighted by Crippen LogP contribution is 2.51. The highest BCUT2D eigenvalue weighted by Gasteiger charge is 2.56. The fourth-order valence-corrected chi connectivity index (χ4v) is 15.4. The van der Waals surface area contributed by atoms with Crippen molar-refractivity contribution >= 4 is 28.9 Å². The number of hydrogen-bond donors (Lipinski definition) is 0. The summed E-state index contributed by atoms with van der Waals surface area (Å²) in [5.74, 6) is -1.28. The molecule has 0 saturated carbocycles. The van der Waals surface area contributed by atoms with Gasteiger partial charge in [0.1, 0.15) is 13.1 Å². The number of hydrogen-bond acceptors (Lipinski definition) is 9. The Morgan fingerprint density at radius 3 is 2.02 bits per heavy atom. The van der Waals surface area contributed by atoms with Crippen molar-refractivity contribution in [1.29, 1.82) is 0 Å². The van der Waals surface area contributed by atoms with E-state index in [1.807, 2.05) is 41.5 Å². The Morgan fingerprint density at radius 1 is 0.943 bits per heavy atom. The van der Waals surface area contributed by atoms with E-state index in [0.717, 1.165) is 12.0 Å². The van der Waals surface area contributed by atoms with Gasteiger partial charge in [-0.15, -0.1) is 0 Å². The number of carbonyl (C=O) groups is 2. The average Bonchev–Trinajstić information content (AvgIpc) is 3.03. The molecule has 310 valence electrons. The molecule has 1 heterocycles. The van der Waals surface area contributed by atoms with Crippen LogP contribution in [0.15, 0.2) is 11.6 Å². The molecule has 11 heteroatoms. The summed E-state index contributed by atoms with van der Waals surface area (Å²) < 4.78 is 44.7. The highest BCUT2D eigenvalue weighted by atomic mass is 28.4. The monoisotopic (exact) mass is 785 g/mol. The van der Waals surface area contributed by atoms with Crippen molar-refractivity contribution in [1.82, 2.24) is 0 Å². The molecule has 1 aliphatic heterocycles. The van der Waals surface area contributed by atoms with Crippen LogP contribution >= 0.6 is 0 Å². The molecule has 1 fully saturated rings. The SMILES string of the molecule is COCOCC1=C[C@H]([C@@H]2OC(C)(C)O[C@H]([C@H](C)COC(=O)C(C)(C)C)[C@H]2O[Si](C)(C)C)[C@](C=O)(C[C@H](C)[C@@H](C)CO[Si](C(C)C)(C(C)C)C(C)C)CC1. The molecule has 0 aromatic rings. The molecule has 8 atom stereocenters. The Bertz CT molecular complexity index is 1170. The van der Waals surface area contributed by atoms with Crippen molar-refractivity contribution in [2.45, 2.75) is 177 Å². The maximum atomic E-state index is 13.8. The number of ether oxygens (including phenoxy) is 5. The van der Waals surface area contributed by atoms with E-state index in [9.17, 15) is 9.59 Å². The molecule has 0 unspecified atom stereocenters. The third-order valence-electron chi connectivity index (χ3n) is 11.7. The minimum Gasteiger partial charge on any atom is -0.465 e. The lowest BCUT2D eigenvalue weighted by Crippen LogP contribution is -2.63. The van der Waals surface area contributed by atoms with E-state index in [1.54, 1.807) is 7.11 Å². The maximum absolute atomic E-state index is 13.8. The number of aldehydes is 1. The van der Waals surface area contributed by atoms with Crippen molar-refractivity contribution in [3.63, 3.8) is 0 Å². The standard InChI is InChI=1S/C42H80O9Si2/c1-28(2)53(29(3)4,30(5)6)48-24-32(8)31(7)22-42(26-43)20-19-34(25-46-27-45-15)21-35(42)37-38(51-52(16,17)18)36(49-41(13,14)50-37)33(9)23-47-39(44)40(10,11)12/h21,26,28-33,35-38H,19-20,22-25,27H2,1-18H3/t31-,32-,33+,35+,36+,37-,38+,42-/m0/s1. The molecule has 53 heavy (non-hydrogen) atoms. The molecule has 0 N–H and O–H groups in total. The molecule has 0 aromatic carbocycles.